The highest BCUT2D eigenvalue weighted by Gasteiger charge is 2.12. The molecule has 2 radical (unpaired) electrons. The third-order valence-electron chi connectivity index (χ3n) is 3.45. The lowest BCUT2D eigenvalue weighted by Gasteiger charge is -1.99. The number of hydrogen-bond acceptors (Lipinski definition) is 1. The van der Waals surface area contributed by atoms with Crippen molar-refractivity contribution >= 4 is 57.6 Å². The molecule has 0 unspecified atom stereocenters. The summed E-state index contributed by atoms with van der Waals surface area (Å²) in [4.78, 5) is 0. The molecule has 0 amide bonds. The second kappa shape index (κ2) is 3.78. The second-order valence-corrected chi connectivity index (χ2v) is 5.07. The number of furan rings is 1. The fourth-order valence-corrected chi connectivity index (χ4v) is 2.87. The fourth-order valence-electron chi connectivity index (χ4n) is 2.64. The van der Waals surface area contributed by atoms with Gasteiger partial charge in [0.05, 0.1) is 0 Å². The van der Waals surface area contributed by atoms with Crippen molar-refractivity contribution in [2.24, 2.45) is 0 Å². The Labute approximate surface area is 116 Å². The quantitative estimate of drug-likeness (QED) is 0.433. The van der Waals surface area contributed by atoms with E-state index in [2.05, 4.69) is 18.2 Å². The summed E-state index contributed by atoms with van der Waals surface area (Å²) in [5.41, 5.74) is 2.11. The molecule has 0 N–H and O–H groups in total. The lowest BCUT2D eigenvalue weighted by atomic mass is 9.93. The predicted molar refractivity (Wildman–Crippen MR) is 81.6 cm³/mol. The van der Waals surface area contributed by atoms with Crippen LogP contribution in [0.5, 0.6) is 0 Å². The second-order valence-electron chi connectivity index (χ2n) is 4.63. The van der Waals surface area contributed by atoms with Gasteiger partial charge in [-0.15, -0.1) is 0 Å². The highest BCUT2D eigenvalue weighted by atomic mass is 35.5. The topological polar surface area (TPSA) is 13.1 Å². The number of hydrogen-bond donors (Lipinski definition) is 0. The van der Waals surface area contributed by atoms with Gasteiger partial charge in [0, 0.05) is 15.8 Å². The van der Waals surface area contributed by atoms with Crippen LogP contribution in [0.15, 0.2) is 52.9 Å². The van der Waals surface area contributed by atoms with E-state index in [9.17, 15) is 0 Å². The number of benzene rings is 3. The Balaban J connectivity index is 2.35. The summed E-state index contributed by atoms with van der Waals surface area (Å²) < 4.78 is 5.86. The molecule has 0 aliphatic carbocycles. The molecular formula is C16H8BClO. The zero-order valence-electron chi connectivity index (χ0n) is 9.98. The molecule has 1 nitrogen and oxygen atoms in total. The average molecular weight is 263 g/mol. The van der Waals surface area contributed by atoms with Crippen LogP contribution in [0.2, 0.25) is 5.02 Å². The molecule has 0 spiro atoms. The van der Waals surface area contributed by atoms with Gasteiger partial charge in [0.25, 0.3) is 0 Å². The highest BCUT2D eigenvalue weighted by molar-refractivity contribution is 6.42. The summed E-state index contributed by atoms with van der Waals surface area (Å²) in [5, 5.41) is 5.00. The fraction of sp³-hybridized carbons (Fsp3) is 0. The minimum absolute atomic E-state index is 0.572. The van der Waals surface area contributed by atoms with Gasteiger partial charge in [-0.05, 0) is 29.0 Å². The van der Waals surface area contributed by atoms with Crippen LogP contribution >= 0.6 is 11.6 Å². The first-order chi connectivity index (χ1) is 9.24. The van der Waals surface area contributed by atoms with E-state index in [1.54, 1.807) is 6.07 Å². The van der Waals surface area contributed by atoms with Crippen LogP contribution in [0.25, 0.3) is 32.7 Å². The van der Waals surface area contributed by atoms with Gasteiger partial charge in [-0.3, -0.25) is 0 Å². The Morgan fingerprint density at radius 3 is 2.68 bits per heavy atom. The maximum atomic E-state index is 6.11. The molecule has 0 saturated heterocycles. The molecule has 1 heterocycles. The van der Waals surface area contributed by atoms with E-state index in [1.807, 2.05) is 24.3 Å². The van der Waals surface area contributed by atoms with Crippen molar-refractivity contribution in [3.63, 3.8) is 0 Å². The normalized spacial score (nSPS) is 11.6. The molecule has 1 aromatic heterocycles. The van der Waals surface area contributed by atoms with Crippen molar-refractivity contribution < 1.29 is 4.42 Å². The third-order valence-corrected chi connectivity index (χ3v) is 3.67. The van der Waals surface area contributed by atoms with Crippen LogP contribution in [0.1, 0.15) is 0 Å². The van der Waals surface area contributed by atoms with Crippen molar-refractivity contribution in [2.75, 3.05) is 0 Å². The van der Waals surface area contributed by atoms with Crippen LogP contribution in [0, 0.1) is 0 Å². The standard InChI is InChI=1S/C16H8BClO/c17-13-8-10(18)7-12-15-11-4-2-1-3-9(11)5-6-14(15)19-16(12)13/h1-8H. The van der Waals surface area contributed by atoms with Gasteiger partial charge in [-0.25, -0.2) is 0 Å². The highest BCUT2D eigenvalue weighted by Crippen LogP contribution is 2.34. The van der Waals surface area contributed by atoms with Crippen LogP contribution in [-0.2, 0) is 0 Å². The first kappa shape index (κ1) is 10.9. The van der Waals surface area contributed by atoms with E-state index >= 15 is 0 Å². The molecule has 0 bridgehead atoms. The SMILES string of the molecule is [B]c1cc(Cl)cc2c1oc1ccc3ccccc3c12. The molecule has 0 fully saturated rings. The minimum Gasteiger partial charge on any atom is -0.457 e. The van der Waals surface area contributed by atoms with Gasteiger partial charge >= 0.3 is 0 Å². The van der Waals surface area contributed by atoms with Gasteiger partial charge in [-0.1, -0.05) is 47.4 Å². The van der Waals surface area contributed by atoms with E-state index in [1.165, 1.54) is 5.39 Å². The third kappa shape index (κ3) is 1.50. The maximum Gasteiger partial charge on any atom is 0.136 e. The largest absolute Gasteiger partial charge is 0.457 e. The van der Waals surface area contributed by atoms with E-state index in [0.717, 1.165) is 21.7 Å². The molecule has 3 heteroatoms. The molecule has 0 aliphatic heterocycles. The Kier molecular flexibility index (Phi) is 2.18. The molecule has 0 saturated carbocycles. The van der Waals surface area contributed by atoms with Crippen LogP contribution in [-0.4, -0.2) is 7.85 Å². The first-order valence-corrected chi connectivity index (χ1v) is 6.41. The van der Waals surface area contributed by atoms with Crippen LogP contribution in [0.4, 0.5) is 0 Å². The van der Waals surface area contributed by atoms with Crippen molar-refractivity contribution in [1.82, 2.24) is 0 Å². The summed E-state index contributed by atoms with van der Waals surface area (Å²) in [6, 6.07) is 15.9. The molecule has 19 heavy (non-hydrogen) atoms. The minimum atomic E-state index is 0.572. The van der Waals surface area contributed by atoms with Gasteiger partial charge in [0.15, 0.2) is 0 Å². The molecule has 3 aromatic carbocycles. The summed E-state index contributed by atoms with van der Waals surface area (Å²) >= 11 is 6.11. The molecule has 0 aliphatic rings. The van der Waals surface area contributed by atoms with Gasteiger partial charge < -0.3 is 4.42 Å². The molecule has 4 rings (SSSR count). The monoisotopic (exact) mass is 262 g/mol. The van der Waals surface area contributed by atoms with Gasteiger partial charge in [0.2, 0.25) is 0 Å². The maximum absolute atomic E-state index is 6.11. The first-order valence-electron chi connectivity index (χ1n) is 6.03. The Hall–Kier alpha value is -1.93. The molecule has 4 aromatic rings. The number of fused-ring (bicyclic) bond motifs is 5. The lowest BCUT2D eigenvalue weighted by Crippen LogP contribution is -2.01. The summed E-state index contributed by atoms with van der Waals surface area (Å²) in [6.45, 7) is 0. The summed E-state index contributed by atoms with van der Waals surface area (Å²) in [5.74, 6) is 0. The predicted octanol–water partition coefficient (Wildman–Crippen LogP) is 4.19. The van der Waals surface area contributed by atoms with E-state index in [4.69, 9.17) is 23.9 Å². The molecule has 0 atom stereocenters. The zero-order chi connectivity index (χ0) is 13.0. The summed E-state index contributed by atoms with van der Waals surface area (Å²) in [7, 11) is 5.99. The number of halogens is 1. The van der Waals surface area contributed by atoms with E-state index < -0.39 is 0 Å². The van der Waals surface area contributed by atoms with Gasteiger partial charge in [-0.2, -0.15) is 0 Å². The number of rotatable bonds is 0. The van der Waals surface area contributed by atoms with Crippen LogP contribution in [0.3, 0.4) is 0 Å². The van der Waals surface area contributed by atoms with E-state index in [-0.39, 0.29) is 0 Å². The lowest BCUT2D eigenvalue weighted by molar-refractivity contribution is 0.672. The van der Waals surface area contributed by atoms with Crippen molar-refractivity contribution in [3.05, 3.63) is 53.6 Å². The van der Waals surface area contributed by atoms with E-state index in [0.29, 0.717) is 16.1 Å². The smallest absolute Gasteiger partial charge is 0.136 e. The van der Waals surface area contributed by atoms with Crippen molar-refractivity contribution in [1.29, 1.82) is 0 Å². The van der Waals surface area contributed by atoms with Crippen molar-refractivity contribution in [2.45, 2.75) is 0 Å². The molecule has 88 valence electrons. The van der Waals surface area contributed by atoms with Gasteiger partial charge in [0.1, 0.15) is 19.0 Å². The Bertz CT molecular complexity index is 940. The Morgan fingerprint density at radius 1 is 0.947 bits per heavy atom. The zero-order valence-corrected chi connectivity index (χ0v) is 10.7. The Morgan fingerprint density at radius 2 is 1.79 bits per heavy atom. The molecular weight excluding hydrogens is 254 g/mol. The summed E-state index contributed by atoms with van der Waals surface area (Å²) in [6.07, 6.45) is 0. The van der Waals surface area contributed by atoms with Crippen molar-refractivity contribution in [3.8, 4) is 0 Å². The average Bonchev–Trinajstić information content (AvgIpc) is 2.78. The van der Waals surface area contributed by atoms with Crippen LogP contribution < -0.4 is 5.46 Å².